The second kappa shape index (κ2) is 6.48. The van der Waals surface area contributed by atoms with Gasteiger partial charge < -0.3 is 4.74 Å². The monoisotopic (exact) mass is 332 g/mol. The lowest BCUT2D eigenvalue weighted by Gasteiger charge is -2.06. The Labute approximate surface area is 125 Å². The Balaban J connectivity index is 2.08. The van der Waals surface area contributed by atoms with E-state index in [2.05, 4.69) is 15.9 Å². The lowest BCUT2D eigenvalue weighted by atomic mass is 10.1. The summed E-state index contributed by atoms with van der Waals surface area (Å²) in [6.07, 6.45) is 0. The van der Waals surface area contributed by atoms with Gasteiger partial charge in [0, 0.05) is 5.56 Å². The van der Waals surface area contributed by atoms with E-state index in [0.29, 0.717) is 16.9 Å². The van der Waals surface area contributed by atoms with E-state index in [1.165, 1.54) is 0 Å². The smallest absolute Gasteiger partial charge is 0.343 e. The van der Waals surface area contributed by atoms with Crippen LogP contribution >= 0.6 is 15.9 Å². The van der Waals surface area contributed by atoms with Crippen molar-refractivity contribution in [1.29, 1.82) is 0 Å². The molecule has 2 aromatic rings. The SMILES string of the molecule is CC(Br)C(=O)c1ccc(OC(=O)c2ccccc2)cc1. The van der Waals surface area contributed by atoms with Crippen molar-refractivity contribution in [2.24, 2.45) is 0 Å². The molecule has 102 valence electrons. The molecule has 0 aromatic heterocycles. The van der Waals surface area contributed by atoms with Crippen LogP contribution in [-0.4, -0.2) is 16.6 Å². The van der Waals surface area contributed by atoms with Gasteiger partial charge in [0.15, 0.2) is 5.78 Å². The molecule has 0 N–H and O–H groups in total. The Morgan fingerprint density at radius 3 is 2.10 bits per heavy atom. The highest BCUT2D eigenvalue weighted by molar-refractivity contribution is 9.10. The molecule has 0 bridgehead atoms. The van der Waals surface area contributed by atoms with Crippen molar-refractivity contribution in [1.82, 2.24) is 0 Å². The normalized spacial score (nSPS) is 11.7. The fourth-order valence-corrected chi connectivity index (χ4v) is 1.92. The van der Waals surface area contributed by atoms with Crippen molar-refractivity contribution >= 4 is 27.7 Å². The third-order valence-electron chi connectivity index (χ3n) is 2.72. The van der Waals surface area contributed by atoms with E-state index in [9.17, 15) is 9.59 Å². The number of Topliss-reactive ketones (excluding diaryl/α,β-unsaturated/α-hetero) is 1. The Morgan fingerprint density at radius 2 is 1.55 bits per heavy atom. The predicted octanol–water partition coefficient (Wildman–Crippen LogP) is 3.87. The molecule has 0 aliphatic carbocycles. The molecule has 0 aliphatic heterocycles. The van der Waals surface area contributed by atoms with E-state index < -0.39 is 5.97 Å². The lowest BCUT2D eigenvalue weighted by molar-refractivity contribution is 0.0734. The Kier molecular flexibility index (Phi) is 4.69. The van der Waals surface area contributed by atoms with Gasteiger partial charge in [-0.1, -0.05) is 34.1 Å². The quantitative estimate of drug-likeness (QED) is 0.369. The number of rotatable bonds is 4. The molecule has 0 saturated carbocycles. The molecule has 1 unspecified atom stereocenters. The van der Waals surface area contributed by atoms with Gasteiger partial charge in [-0.15, -0.1) is 0 Å². The minimum atomic E-state index is -0.418. The van der Waals surface area contributed by atoms with Crippen molar-refractivity contribution in [3.63, 3.8) is 0 Å². The molecular weight excluding hydrogens is 320 g/mol. The van der Waals surface area contributed by atoms with Crippen LogP contribution in [0.2, 0.25) is 0 Å². The van der Waals surface area contributed by atoms with Crippen LogP contribution in [0.4, 0.5) is 0 Å². The first-order valence-electron chi connectivity index (χ1n) is 6.13. The molecule has 0 saturated heterocycles. The number of ether oxygens (including phenoxy) is 1. The van der Waals surface area contributed by atoms with Crippen LogP contribution in [0.3, 0.4) is 0 Å². The number of ketones is 1. The molecule has 2 rings (SSSR count). The van der Waals surface area contributed by atoms with Crippen LogP contribution in [-0.2, 0) is 0 Å². The van der Waals surface area contributed by atoms with Gasteiger partial charge in [0.2, 0.25) is 0 Å². The molecule has 0 heterocycles. The maximum atomic E-state index is 11.8. The van der Waals surface area contributed by atoms with E-state index in [0.717, 1.165) is 0 Å². The molecule has 20 heavy (non-hydrogen) atoms. The first-order valence-corrected chi connectivity index (χ1v) is 7.05. The molecule has 4 heteroatoms. The summed E-state index contributed by atoms with van der Waals surface area (Å²) in [7, 11) is 0. The average molecular weight is 333 g/mol. The third-order valence-corrected chi connectivity index (χ3v) is 3.14. The molecule has 0 radical (unpaired) electrons. The van der Waals surface area contributed by atoms with Crippen LogP contribution in [0.25, 0.3) is 0 Å². The van der Waals surface area contributed by atoms with Crippen molar-refractivity contribution in [2.75, 3.05) is 0 Å². The molecule has 1 atom stereocenters. The van der Waals surface area contributed by atoms with Crippen LogP contribution < -0.4 is 4.74 Å². The van der Waals surface area contributed by atoms with E-state index in [1.807, 2.05) is 6.07 Å². The predicted molar refractivity (Wildman–Crippen MR) is 80.6 cm³/mol. The summed E-state index contributed by atoms with van der Waals surface area (Å²) in [4.78, 5) is 23.4. The number of hydrogen-bond acceptors (Lipinski definition) is 3. The van der Waals surface area contributed by atoms with E-state index in [4.69, 9.17) is 4.74 Å². The van der Waals surface area contributed by atoms with E-state index >= 15 is 0 Å². The molecule has 3 nitrogen and oxygen atoms in total. The summed E-state index contributed by atoms with van der Waals surface area (Å²) < 4.78 is 5.23. The first-order chi connectivity index (χ1) is 9.58. The fourth-order valence-electron chi connectivity index (χ4n) is 1.66. The van der Waals surface area contributed by atoms with Gasteiger partial charge in [0.1, 0.15) is 5.75 Å². The number of hydrogen-bond donors (Lipinski definition) is 0. The summed E-state index contributed by atoms with van der Waals surface area (Å²) in [6.45, 7) is 1.77. The average Bonchev–Trinajstić information content (AvgIpc) is 2.48. The summed E-state index contributed by atoms with van der Waals surface area (Å²) in [5, 5.41) is 0. The van der Waals surface area contributed by atoms with Gasteiger partial charge in [0.25, 0.3) is 0 Å². The first kappa shape index (κ1) is 14.5. The van der Waals surface area contributed by atoms with Crippen LogP contribution in [0.5, 0.6) is 5.75 Å². The highest BCUT2D eigenvalue weighted by Gasteiger charge is 2.12. The molecule has 0 aliphatic rings. The van der Waals surface area contributed by atoms with Crippen LogP contribution in [0.15, 0.2) is 54.6 Å². The number of halogens is 1. The van der Waals surface area contributed by atoms with Crippen LogP contribution in [0, 0.1) is 0 Å². The maximum Gasteiger partial charge on any atom is 0.343 e. The Morgan fingerprint density at radius 1 is 0.950 bits per heavy atom. The molecule has 0 amide bonds. The number of alkyl halides is 1. The minimum absolute atomic E-state index is 0.00839. The topological polar surface area (TPSA) is 43.4 Å². The second-order valence-corrected chi connectivity index (χ2v) is 5.63. The highest BCUT2D eigenvalue weighted by atomic mass is 79.9. The summed E-state index contributed by atoms with van der Waals surface area (Å²) >= 11 is 3.23. The van der Waals surface area contributed by atoms with Gasteiger partial charge in [-0.2, -0.15) is 0 Å². The largest absolute Gasteiger partial charge is 0.423 e. The highest BCUT2D eigenvalue weighted by Crippen LogP contribution is 2.17. The molecular formula is C16H13BrO3. The number of carbonyl (C=O) groups excluding carboxylic acids is 2. The van der Waals surface area contributed by atoms with Gasteiger partial charge >= 0.3 is 5.97 Å². The molecule has 2 aromatic carbocycles. The Bertz CT molecular complexity index is 603. The third kappa shape index (κ3) is 3.54. The van der Waals surface area contributed by atoms with Crippen molar-refractivity contribution in [2.45, 2.75) is 11.8 Å². The number of carbonyl (C=O) groups is 2. The number of esters is 1. The maximum absolute atomic E-state index is 11.8. The summed E-state index contributed by atoms with van der Waals surface area (Å²) in [5.74, 6) is -0.0119. The van der Waals surface area contributed by atoms with E-state index in [1.54, 1.807) is 55.5 Å². The zero-order valence-corrected chi connectivity index (χ0v) is 12.5. The molecule has 0 spiro atoms. The zero-order valence-electron chi connectivity index (χ0n) is 10.9. The van der Waals surface area contributed by atoms with E-state index in [-0.39, 0.29) is 10.6 Å². The fraction of sp³-hybridized carbons (Fsp3) is 0.125. The van der Waals surface area contributed by atoms with Crippen molar-refractivity contribution in [3.05, 3.63) is 65.7 Å². The zero-order chi connectivity index (χ0) is 14.5. The van der Waals surface area contributed by atoms with Crippen molar-refractivity contribution in [3.8, 4) is 5.75 Å². The van der Waals surface area contributed by atoms with Gasteiger partial charge in [-0.05, 0) is 43.3 Å². The van der Waals surface area contributed by atoms with Crippen molar-refractivity contribution < 1.29 is 14.3 Å². The van der Waals surface area contributed by atoms with Crippen LogP contribution in [0.1, 0.15) is 27.6 Å². The van der Waals surface area contributed by atoms with Gasteiger partial charge in [0.05, 0.1) is 10.4 Å². The molecule has 0 fully saturated rings. The number of benzene rings is 2. The van der Waals surface area contributed by atoms with Gasteiger partial charge in [-0.25, -0.2) is 4.79 Å². The van der Waals surface area contributed by atoms with Gasteiger partial charge in [-0.3, -0.25) is 4.79 Å². The second-order valence-electron chi connectivity index (χ2n) is 4.26. The lowest BCUT2D eigenvalue weighted by Crippen LogP contribution is -2.10. The Hall–Kier alpha value is -1.94. The standard InChI is InChI=1S/C16H13BrO3/c1-11(17)15(18)12-7-9-14(10-8-12)20-16(19)13-5-3-2-4-6-13/h2-11H,1H3. The summed E-state index contributed by atoms with van der Waals surface area (Å²) in [5.41, 5.74) is 1.07. The minimum Gasteiger partial charge on any atom is -0.423 e. The summed E-state index contributed by atoms with van der Waals surface area (Å²) in [6, 6.07) is 15.3.